The van der Waals surface area contributed by atoms with Crippen LogP contribution in [-0.2, 0) is 12.0 Å². The first kappa shape index (κ1) is 20.3. The monoisotopic (exact) mass is 431 g/mol. The molecule has 2 aliphatic heterocycles. The number of nitrogens with zero attached hydrogens (tertiary/aromatic N) is 5. The Hall–Kier alpha value is -3.64. The Bertz CT molecular complexity index is 1240. The SMILES string of the molecule is CC1(C)CCn2ncc(Nc3nccc(-c4cc(C#N)c5c(c4)C(C)(CO)CN5)n3)c2O1. The van der Waals surface area contributed by atoms with E-state index in [1.807, 2.05) is 23.7 Å². The number of hydrogen-bond acceptors (Lipinski definition) is 8. The molecule has 0 radical (unpaired) electrons. The molecule has 4 heterocycles. The van der Waals surface area contributed by atoms with E-state index < -0.39 is 5.41 Å². The fourth-order valence-corrected chi connectivity index (χ4v) is 4.18. The van der Waals surface area contributed by atoms with Gasteiger partial charge in [-0.1, -0.05) is 6.92 Å². The maximum absolute atomic E-state index is 9.94. The number of benzene rings is 1. The van der Waals surface area contributed by atoms with Crippen LogP contribution in [0.15, 0.2) is 30.6 Å². The Morgan fingerprint density at radius 2 is 2.19 bits per heavy atom. The highest BCUT2D eigenvalue weighted by Gasteiger charge is 2.36. The number of hydrogen-bond donors (Lipinski definition) is 3. The van der Waals surface area contributed by atoms with Crippen molar-refractivity contribution in [1.82, 2.24) is 19.7 Å². The fraction of sp³-hybridized carbons (Fsp3) is 0.391. The maximum atomic E-state index is 9.94. The molecular formula is C23H25N7O2. The number of anilines is 3. The Morgan fingerprint density at radius 1 is 1.34 bits per heavy atom. The van der Waals surface area contributed by atoms with Crippen molar-refractivity contribution in [3.8, 4) is 23.2 Å². The highest BCUT2D eigenvalue weighted by Crippen LogP contribution is 2.41. The molecule has 0 amide bonds. The minimum absolute atomic E-state index is 0.0129. The molecule has 5 rings (SSSR count). The molecule has 9 nitrogen and oxygen atoms in total. The lowest BCUT2D eigenvalue weighted by Gasteiger charge is -2.31. The van der Waals surface area contributed by atoms with Gasteiger partial charge in [0.25, 0.3) is 0 Å². The number of nitriles is 1. The number of ether oxygens (including phenoxy) is 1. The normalized spacial score (nSPS) is 20.5. The molecule has 0 saturated heterocycles. The third kappa shape index (κ3) is 3.33. The van der Waals surface area contributed by atoms with Gasteiger partial charge in [-0.15, -0.1) is 0 Å². The van der Waals surface area contributed by atoms with Crippen LogP contribution in [0.4, 0.5) is 17.3 Å². The van der Waals surface area contributed by atoms with Crippen LogP contribution in [-0.4, -0.2) is 43.6 Å². The summed E-state index contributed by atoms with van der Waals surface area (Å²) in [6, 6.07) is 7.87. The summed E-state index contributed by atoms with van der Waals surface area (Å²) in [5.74, 6) is 1.08. The summed E-state index contributed by atoms with van der Waals surface area (Å²) in [5.41, 5.74) is 3.70. The molecule has 0 fully saturated rings. The maximum Gasteiger partial charge on any atom is 0.236 e. The summed E-state index contributed by atoms with van der Waals surface area (Å²) >= 11 is 0. The van der Waals surface area contributed by atoms with Gasteiger partial charge in [0.05, 0.1) is 29.7 Å². The minimum atomic E-state index is -0.452. The number of aromatic nitrogens is 4. The molecule has 164 valence electrons. The first-order valence-electron chi connectivity index (χ1n) is 10.6. The number of aliphatic hydroxyl groups is 1. The van der Waals surface area contributed by atoms with Gasteiger partial charge in [-0.05, 0) is 37.6 Å². The third-order valence-electron chi connectivity index (χ3n) is 6.20. The van der Waals surface area contributed by atoms with Gasteiger partial charge in [0.2, 0.25) is 11.8 Å². The number of nitrogens with one attached hydrogen (secondary N) is 2. The van der Waals surface area contributed by atoms with Crippen LogP contribution in [0.3, 0.4) is 0 Å². The summed E-state index contributed by atoms with van der Waals surface area (Å²) in [7, 11) is 0. The summed E-state index contributed by atoms with van der Waals surface area (Å²) < 4.78 is 7.94. The number of fused-ring (bicyclic) bond motifs is 2. The van der Waals surface area contributed by atoms with Gasteiger partial charge >= 0.3 is 0 Å². The zero-order valence-electron chi connectivity index (χ0n) is 18.3. The van der Waals surface area contributed by atoms with Crippen LogP contribution in [0.5, 0.6) is 5.88 Å². The topological polar surface area (TPSA) is 121 Å². The van der Waals surface area contributed by atoms with E-state index in [0.717, 1.165) is 29.8 Å². The molecule has 1 unspecified atom stereocenters. The fourth-order valence-electron chi connectivity index (χ4n) is 4.18. The highest BCUT2D eigenvalue weighted by atomic mass is 16.5. The van der Waals surface area contributed by atoms with Crippen molar-refractivity contribution >= 4 is 17.3 Å². The first-order chi connectivity index (χ1) is 15.3. The molecule has 3 aromatic rings. The van der Waals surface area contributed by atoms with E-state index in [4.69, 9.17) is 4.74 Å². The van der Waals surface area contributed by atoms with Gasteiger partial charge in [-0.25, -0.2) is 14.6 Å². The second-order valence-electron chi connectivity index (χ2n) is 9.22. The molecular weight excluding hydrogens is 406 g/mol. The van der Waals surface area contributed by atoms with Crippen LogP contribution in [0.1, 0.15) is 38.3 Å². The van der Waals surface area contributed by atoms with Gasteiger partial charge in [-0.2, -0.15) is 10.4 Å². The lowest BCUT2D eigenvalue weighted by atomic mass is 9.83. The average molecular weight is 432 g/mol. The third-order valence-corrected chi connectivity index (χ3v) is 6.20. The molecule has 32 heavy (non-hydrogen) atoms. The van der Waals surface area contributed by atoms with E-state index in [1.54, 1.807) is 18.5 Å². The van der Waals surface area contributed by atoms with Crippen molar-refractivity contribution in [3.05, 3.63) is 41.7 Å². The Morgan fingerprint density at radius 3 is 2.97 bits per heavy atom. The second kappa shape index (κ2) is 7.21. The number of rotatable bonds is 4. The summed E-state index contributed by atoms with van der Waals surface area (Å²) in [5, 5.41) is 30.5. The molecule has 1 atom stereocenters. The van der Waals surface area contributed by atoms with E-state index >= 15 is 0 Å². The summed E-state index contributed by atoms with van der Waals surface area (Å²) in [6.45, 7) is 7.45. The molecule has 0 saturated carbocycles. The Labute approximate surface area is 186 Å². The van der Waals surface area contributed by atoms with Gasteiger partial charge in [0.15, 0.2) is 0 Å². The minimum Gasteiger partial charge on any atom is -0.470 e. The standard InChI is InChI=1S/C23H25N7O2/c1-22(2)5-7-30-20(32-22)18(11-27-30)29-21-25-6-4-17(28-21)14-8-15(10-24)19-16(9-14)23(3,13-31)12-26-19/h4,6,8-9,11,26,31H,5,7,12-13H2,1-3H3,(H,25,28,29). The van der Waals surface area contributed by atoms with Crippen LogP contribution < -0.4 is 15.4 Å². The Kier molecular flexibility index (Phi) is 4.57. The van der Waals surface area contributed by atoms with Crippen molar-refractivity contribution < 1.29 is 9.84 Å². The van der Waals surface area contributed by atoms with E-state index in [1.165, 1.54) is 0 Å². The zero-order valence-corrected chi connectivity index (χ0v) is 18.3. The van der Waals surface area contributed by atoms with Crippen molar-refractivity contribution in [2.45, 2.75) is 44.8 Å². The van der Waals surface area contributed by atoms with E-state index in [9.17, 15) is 10.4 Å². The van der Waals surface area contributed by atoms with Crippen molar-refractivity contribution in [1.29, 1.82) is 5.26 Å². The van der Waals surface area contributed by atoms with Crippen LogP contribution in [0.25, 0.3) is 11.3 Å². The quantitative estimate of drug-likeness (QED) is 0.576. The van der Waals surface area contributed by atoms with Crippen molar-refractivity contribution in [2.24, 2.45) is 0 Å². The molecule has 3 N–H and O–H groups in total. The second-order valence-corrected chi connectivity index (χ2v) is 9.22. The summed E-state index contributed by atoms with van der Waals surface area (Å²) in [4.78, 5) is 9.02. The van der Waals surface area contributed by atoms with Gasteiger partial charge in [-0.3, -0.25) is 0 Å². The lowest BCUT2D eigenvalue weighted by molar-refractivity contribution is 0.0544. The average Bonchev–Trinajstić information content (AvgIpc) is 3.33. The smallest absolute Gasteiger partial charge is 0.236 e. The first-order valence-corrected chi connectivity index (χ1v) is 10.6. The van der Waals surface area contributed by atoms with Gasteiger partial charge in [0, 0.05) is 36.7 Å². The van der Waals surface area contributed by atoms with Crippen LogP contribution in [0.2, 0.25) is 0 Å². The predicted octanol–water partition coefficient (Wildman–Crippen LogP) is 3.19. The van der Waals surface area contributed by atoms with Crippen molar-refractivity contribution in [3.63, 3.8) is 0 Å². The molecule has 2 aromatic heterocycles. The van der Waals surface area contributed by atoms with E-state index in [0.29, 0.717) is 35.3 Å². The van der Waals surface area contributed by atoms with Crippen molar-refractivity contribution in [2.75, 3.05) is 23.8 Å². The molecule has 0 spiro atoms. The molecule has 2 aliphatic rings. The zero-order chi connectivity index (χ0) is 22.5. The number of aliphatic hydroxyl groups excluding tert-OH is 1. The predicted molar refractivity (Wildman–Crippen MR) is 120 cm³/mol. The van der Waals surface area contributed by atoms with Gasteiger partial charge in [0.1, 0.15) is 17.4 Å². The molecule has 1 aromatic carbocycles. The molecule has 9 heteroatoms. The molecule has 0 aliphatic carbocycles. The van der Waals surface area contributed by atoms with E-state index in [2.05, 4.69) is 45.6 Å². The van der Waals surface area contributed by atoms with Crippen LogP contribution >= 0.6 is 0 Å². The largest absolute Gasteiger partial charge is 0.470 e. The van der Waals surface area contributed by atoms with Crippen LogP contribution in [0, 0.1) is 11.3 Å². The Balaban J connectivity index is 1.50. The number of aryl methyl sites for hydroxylation is 1. The van der Waals surface area contributed by atoms with Gasteiger partial charge < -0.3 is 20.5 Å². The molecule has 0 bridgehead atoms. The lowest BCUT2D eigenvalue weighted by Crippen LogP contribution is -2.35. The highest BCUT2D eigenvalue weighted by molar-refractivity contribution is 5.76. The van der Waals surface area contributed by atoms with E-state index in [-0.39, 0.29) is 12.2 Å². The summed E-state index contributed by atoms with van der Waals surface area (Å²) in [6.07, 6.45) is 4.27.